The number of fused-ring (bicyclic) bond motifs is 1. The van der Waals surface area contributed by atoms with Gasteiger partial charge in [-0.25, -0.2) is 0 Å². The molecule has 7 heteroatoms. The molecule has 0 N–H and O–H groups in total. The fourth-order valence-electron chi connectivity index (χ4n) is 4.87. The maximum absolute atomic E-state index is 12.7. The van der Waals surface area contributed by atoms with Crippen molar-refractivity contribution in [3.8, 4) is 5.75 Å². The first kappa shape index (κ1) is 24.2. The summed E-state index contributed by atoms with van der Waals surface area (Å²) in [6.07, 6.45) is 7.11. The molecule has 0 radical (unpaired) electrons. The van der Waals surface area contributed by atoms with E-state index in [4.69, 9.17) is 9.47 Å². The highest BCUT2D eigenvalue weighted by Crippen LogP contribution is 2.38. The van der Waals surface area contributed by atoms with Gasteiger partial charge in [0.1, 0.15) is 11.9 Å². The molecule has 0 aliphatic carbocycles. The molecule has 3 aliphatic heterocycles. The lowest BCUT2D eigenvalue weighted by Crippen LogP contribution is -2.60. The number of nitrogens with zero attached hydrogens (tertiary/aromatic N) is 2. The van der Waals surface area contributed by atoms with Crippen LogP contribution in [0, 0.1) is 0 Å². The largest absolute Gasteiger partial charge is 0.426 e. The smallest absolute Gasteiger partial charge is 0.319 e. The number of hydrogen-bond donors (Lipinski definition) is 0. The summed E-state index contributed by atoms with van der Waals surface area (Å²) < 4.78 is 11.6. The van der Waals surface area contributed by atoms with Gasteiger partial charge in [0.25, 0.3) is 5.91 Å². The van der Waals surface area contributed by atoms with Gasteiger partial charge in [-0.1, -0.05) is 37.4 Å². The molecule has 2 fully saturated rings. The van der Waals surface area contributed by atoms with E-state index in [2.05, 4.69) is 18.1 Å². The van der Waals surface area contributed by atoms with Gasteiger partial charge in [0, 0.05) is 24.4 Å². The Labute approximate surface area is 196 Å². The number of benzene rings is 1. The first-order chi connectivity index (χ1) is 15.0. The molecule has 0 saturated carbocycles. The Bertz CT molecular complexity index is 920. The molecule has 32 heavy (non-hydrogen) atoms. The van der Waals surface area contributed by atoms with Crippen LogP contribution in [-0.4, -0.2) is 59.6 Å². The van der Waals surface area contributed by atoms with E-state index in [-0.39, 0.29) is 35.8 Å². The average molecular weight is 459 g/mol. The highest BCUT2D eigenvalue weighted by molar-refractivity contribution is 5.86. The van der Waals surface area contributed by atoms with E-state index >= 15 is 0 Å². The number of halogens is 1. The molecule has 3 heterocycles. The van der Waals surface area contributed by atoms with Crippen molar-refractivity contribution < 1.29 is 19.1 Å². The number of para-hydroxylation sites is 1. The first-order valence-electron chi connectivity index (χ1n) is 10.9. The van der Waals surface area contributed by atoms with Crippen LogP contribution in [0.5, 0.6) is 5.75 Å². The lowest BCUT2D eigenvalue weighted by Gasteiger charge is -2.49. The Kier molecular flexibility index (Phi) is 7.59. The average Bonchev–Trinajstić information content (AvgIpc) is 3.09. The van der Waals surface area contributed by atoms with Crippen LogP contribution < -0.4 is 4.74 Å². The summed E-state index contributed by atoms with van der Waals surface area (Å²) in [7, 11) is 0. The third-order valence-corrected chi connectivity index (χ3v) is 6.59. The molecule has 2 atom stereocenters. The fraction of sp³-hybridized carbons (Fsp3) is 0.440. The number of hydrogen-bond acceptors (Lipinski definition) is 5. The van der Waals surface area contributed by atoms with Crippen LogP contribution in [0.15, 0.2) is 61.3 Å². The van der Waals surface area contributed by atoms with Crippen molar-refractivity contribution in [3.05, 3.63) is 66.9 Å². The number of likely N-dealkylation sites (tertiary alicyclic amines) is 1. The van der Waals surface area contributed by atoms with Crippen LogP contribution in [0.25, 0.3) is 0 Å². The Hall–Kier alpha value is -2.41. The predicted octanol–water partition coefficient (Wildman–Crippen LogP) is 3.84. The van der Waals surface area contributed by atoms with Crippen molar-refractivity contribution in [2.45, 2.75) is 43.8 Å². The van der Waals surface area contributed by atoms with Gasteiger partial charge in [0.2, 0.25) is 0 Å². The summed E-state index contributed by atoms with van der Waals surface area (Å²) in [4.78, 5) is 29.1. The van der Waals surface area contributed by atoms with Crippen LogP contribution >= 0.6 is 12.4 Å². The van der Waals surface area contributed by atoms with Crippen molar-refractivity contribution in [2.24, 2.45) is 0 Å². The zero-order chi connectivity index (χ0) is 22.0. The van der Waals surface area contributed by atoms with Crippen molar-refractivity contribution in [2.75, 3.05) is 26.2 Å². The molecule has 1 aromatic rings. The number of rotatable bonds is 6. The maximum atomic E-state index is 12.7. The minimum absolute atomic E-state index is 0. The van der Waals surface area contributed by atoms with E-state index in [1.807, 2.05) is 37.3 Å². The Morgan fingerprint density at radius 3 is 2.62 bits per heavy atom. The quantitative estimate of drug-likeness (QED) is 0.368. The normalized spacial score (nSPS) is 25.2. The highest BCUT2D eigenvalue weighted by atomic mass is 35.5. The second-order valence-electron chi connectivity index (χ2n) is 8.54. The van der Waals surface area contributed by atoms with Gasteiger partial charge in [0.15, 0.2) is 0 Å². The van der Waals surface area contributed by atoms with Crippen molar-refractivity contribution in [1.82, 2.24) is 9.80 Å². The van der Waals surface area contributed by atoms with Gasteiger partial charge in [-0.3, -0.25) is 9.59 Å². The summed E-state index contributed by atoms with van der Waals surface area (Å²) in [6.45, 7) is 12.5. The Morgan fingerprint density at radius 1 is 1.22 bits per heavy atom. The zero-order valence-corrected chi connectivity index (χ0v) is 19.3. The predicted molar refractivity (Wildman–Crippen MR) is 126 cm³/mol. The minimum atomic E-state index is -0.488. The molecular formula is C25H31ClN2O4. The molecule has 172 valence electrons. The van der Waals surface area contributed by atoms with E-state index in [0.717, 1.165) is 50.2 Å². The number of carbonyl (C=O) groups excluding carboxylic acids is 2. The summed E-state index contributed by atoms with van der Waals surface area (Å²) >= 11 is 0. The molecule has 6 nitrogen and oxygen atoms in total. The number of piperidine rings is 1. The number of ether oxygens (including phenoxy) is 2. The van der Waals surface area contributed by atoms with Crippen LogP contribution in [0.3, 0.4) is 0 Å². The van der Waals surface area contributed by atoms with Gasteiger partial charge in [-0.05, 0) is 50.9 Å². The van der Waals surface area contributed by atoms with E-state index < -0.39 is 6.10 Å². The SMILES string of the molecule is C=C/C=C(\C=C)N1CC2(CCN(CCC3C(=O)Oc4ccccc43)CC2)OC(C)C1=O.Cl. The first-order valence-corrected chi connectivity index (χ1v) is 10.9. The minimum Gasteiger partial charge on any atom is -0.426 e. The van der Waals surface area contributed by atoms with Crippen molar-refractivity contribution in [3.63, 3.8) is 0 Å². The van der Waals surface area contributed by atoms with E-state index in [1.54, 1.807) is 17.1 Å². The van der Waals surface area contributed by atoms with E-state index in [0.29, 0.717) is 12.3 Å². The molecule has 1 spiro atoms. The molecule has 2 unspecified atom stereocenters. The van der Waals surface area contributed by atoms with Crippen molar-refractivity contribution in [1.29, 1.82) is 0 Å². The molecule has 0 aromatic heterocycles. The van der Waals surface area contributed by atoms with Gasteiger partial charge in [0.05, 0.1) is 18.1 Å². The Morgan fingerprint density at radius 2 is 1.94 bits per heavy atom. The van der Waals surface area contributed by atoms with Crippen LogP contribution in [0.2, 0.25) is 0 Å². The monoisotopic (exact) mass is 458 g/mol. The lowest BCUT2D eigenvalue weighted by atomic mass is 9.87. The van der Waals surface area contributed by atoms with Gasteiger partial charge < -0.3 is 19.3 Å². The standard InChI is InChI=1S/C25H30N2O4.ClH/c1-4-8-19(5-2)27-17-25(31-18(3)23(27)28)12-15-26(16-13-25)14-11-21-20-9-6-7-10-22(20)30-24(21)29;/h4-10,18,21H,1-2,11-17H2,3H3;1H/b19-8+;. The molecule has 3 aliphatic rings. The number of morpholine rings is 1. The summed E-state index contributed by atoms with van der Waals surface area (Å²) in [6, 6.07) is 7.67. The third kappa shape index (κ3) is 4.68. The third-order valence-electron chi connectivity index (χ3n) is 6.59. The summed E-state index contributed by atoms with van der Waals surface area (Å²) in [5.41, 5.74) is 1.40. The van der Waals surface area contributed by atoms with E-state index in [1.165, 1.54) is 0 Å². The summed E-state index contributed by atoms with van der Waals surface area (Å²) in [5.74, 6) is 0.305. The second kappa shape index (κ2) is 10.0. The molecule has 2 saturated heterocycles. The lowest BCUT2D eigenvalue weighted by molar-refractivity contribution is -0.185. The Balaban J connectivity index is 0.00000289. The zero-order valence-electron chi connectivity index (χ0n) is 18.5. The molecule has 0 bridgehead atoms. The van der Waals surface area contributed by atoms with Gasteiger partial charge >= 0.3 is 5.97 Å². The molecule has 4 rings (SSSR count). The van der Waals surface area contributed by atoms with Crippen LogP contribution in [0.1, 0.15) is 37.7 Å². The van der Waals surface area contributed by atoms with Crippen LogP contribution in [-0.2, 0) is 14.3 Å². The highest BCUT2D eigenvalue weighted by Gasteiger charge is 2.46. The molecular weight excluding hydrogens is 428 g/mol. The topological polar surface area (TPSA) is 59.1 Å². The van der Waals surface area contributed by atoms with Gasteiger partial charge in [-0.2, -0.15) is 0 Å². The van der Waals surface area contributed by atoms with E-state index in [9.17, 15) is 9.59 Å². The van der Waals surface area contributed by atoms with Gasteiger partial charge in [-0.15, -0.1) is 12.4 Å². The molecule has 1 amide bonds. The fourth-order valence-corrected chi connectivity index (χ4v) is 4.87. The van der Waals surface area contributed by atoms with Crippen molar-refractivity contribution >= 4 is 24.3 Å². The number of carbonyl (C=O) groups is 2. The number of amides is 1. The second-order valence-corrected chi connectivity index (χ2v) is 8.54. The number of allylic oxidation sites excluding steroid dienone is 3. The van der Waals surface area contributed by atoms with Crippen LogP contribution in [0.4, 0.5) is 0 Å². The molecule has 1 aromatic carbocycles. The summed E-state index contributed by atoms with van der Waals surface area (Å²) in [5, 5.41) is 0. The number of esters is 1. The maximum Gasteiger partial charge on any atom is 0.319 e.